The molecule has 1 rings (SSSR count). The fourth-order valence-electron chi connectivity index (χ4n) is 2.06. The Hall–Kier alpha value is -1.26. The summed E-state index contributed by atoms with van der Waals surface area (Å²) in [4.78, 5) is 2.39. The highest BCUT2D eigenvalue weighted by Gasteiger charge is 2.09. The minimum atomic E-state index is 0.182. The molecule has 4 heteroatoms. The molecule has 0 aliphatic rings. The van der Waals surface area contributed by atoms with Crippen LogP contribution in [0.5, 0.6) is 11.5 Å². The topological polar surface area (TPSA) is 44.7 Å². The first-order chi connectivity index (χ1) is 9.12. The molecule has 108 valence electrons. The summed E-state index contributed by atoms with van der Waals surface area (Å²) in [6.07, 6.45) is 0. The van der Waals surface area contributed by atoms with E-state index in [-0.39, 0.29) is 11.8 Å². The number of phenolic OH excluding ortho intramolecular Hbond substituents is 1. The summed E-state index contributed by atoms with van der Waals surface area (Å²) in [5, 5.41) is 13.1. The summed E-state index contributed by atoms with van der Waals surface area (Å²) in [7, 11) is 1.57. The number of hydrogen-bond donors (Lipinski definition) is 2. The van der Waals surface area contributed by atoms with Crippen molar-refractivity contribution in [1.82, 2.24) is 10.2 Å². The van der Waals surface area contributed by atoms with E-state index in [4.69, 9.17) is 4.74 Å². The molecule has 4 nitrogen and oxygen atoms in total. The number of likely N-dealkylation sites (N-methyl/N-ethyl adjacent to an activating group) is 1. The van der Waals surface area contributed by atoms with E-state index in [1.165, 1.54) is 0 Å². The van der Waals surface area contributed by atoms with Crippen molar-refractivity contribution < 1.29 is 9.84 Å². The minimum Gasteiger partial charge on any atom is -0.504 e. The molecule has 1 aromatic carbocycles. The second-order valence-corrected chi connectivity index (χ2v) is 4.63. The molecule has 0 amide bonds. The summed E-state index contributed by atoms with van der Waals surface area (Å²) in [6.45, 7) is 10.6. The summed E-state index contributed by atoms with van der Waals surface area (Å²) in [6, 6.07) is 5.72. The van der Waals surface area contributed by atoms with Crippen LogP contribution in [0.4, 0.5) is 0 Å². The van der Waals surface area contributed by atoms with Gasteiger partial charge < -0.3 is 20.1 Å². The molecule has 1 atom stereocenters. The van der Waals surface area contributed by atoms with Crippen molar-refractivity contribution >= 4 is 0 Å². The van der Waals surface area contributed by atoms with Gasteiger partial charge in [0.1, 0.15) is 0 Å². The maximum atomic E-state index is 9.58. The van der Waals surface area contributed by atoms with Crippen LogP contribution in [0.25, 0.3) is 0 Å². The maximum absolute atomic E-state index is 9.58. The van der Waals surface area contributed by atoms with E-state index in [0.29, 0.717) is 5.75 Å². The highest BCUT2D eigenvalue weighted by molar-refractivity contribution is 5.42. The second kappa shape index (κ2) is 8.02. The van der Waals surface area contributed by atoms with Crippen LogP contribution in [0.2, 0.25) is 0 Å². The molecule has 0 bridgehead atoms. The van der Waals surface area contributed by atoms with Crippen molar-refractivity contribution in [1.29, 1.82) is 0 Å². The van der Waals surface area contributed by atoms with E-state index < -0.39 is 0 Å². The Kier molecular flexibility index (Phi) is 6.67. The molecule has 2 N–H and O–H groups in total. The first kappa shape index (κ1) is 15.8. The smallest absolute Gasteiger partial charge is 0.160 e. The van der Waals surface area contributed by atoms with Crippen LogP contribution in [0.15, 0.2) is 18.2 Å². The van der Waals surface area contributed by atoms with Crippen molar-refractivity contribution in [3.8, 4) is 11.5 Å². The highest BCUT2D eigenvalue weighted by Crippen LogP contribution is 2.28. The molecule has 0 heterocycles. The van der Waals surface area contributed by atoms with Gasteiger partial charge in [0.05, 0.1) is 7.11 Å². The summed E-state index contributed by atoms with van der Waals surface area (Å²) in [5.41, 5.74) is 1.12. The molecule has 0 saturated heterocycles. The molecule has 0 aromatic heterocycles. The third-order valence-electron chi connectivity index (χ3n) is 3.48. The number of ether oxygens (including phenoxy) is 1. The summed E-state index contributed by atoms with van der Waals surface area (Å²) in [5.74, 6) is 0.705. The van der Waals surface area contributed by atoms with E-state index >= 15 is 0 Å². The Morgan fingerprint density at radius 1 is 1.32 bits per heavy atom. The zero-order valence-corrected chi connectivity index (χ0v) is 12.4. The molecule has 0 fully saturated rings. The Labute approximate surface area is 116 Å². The van der Waals surface area contributed by atoms with Crippen LogP contribution in [0.3, 0.4) is 0 Å². The molecule has 1 unspecified atom stereocenters. The predicted molar refractivity (Wildman–Crippen MR) is 78.9 cm³/mol. The molecule has 0 spiro atoms. The zero-order valence-electron chi connectivity index (χ0n) is 12.4. The zero-order chi connectivity index (χ0) is 14.3. The third kappa shape index (κ3) is 4.73. The van der Waals surface area contributed by atoms with Crippen molar-refractivity contribution in [3.05, 3.63) is 23.8 Å². The van der Waals surface area contributed by atoms with Gasteiger partial charge in [-0.15, -0.1) is 0 Å². The van der Waals surface area contributed by atoms with Crippen LogP contribution in [0.1, 0.15) is 32.4 Å². The molecular formula is C15H26N2O2. The fourth-order valence-corrected chi connectivity index (χ4v) is 2.06. The maximum Gasteiger partial charge on any atom is 0.160 e. The number of benzene rings is 1. The van der Waals surface area contributed by atoms with Crippen molar-refractivity contribution in [2.75, 3.05) is 33.3 Å². The first-order valence-corrected chi connectivity index (χ1v) is 6.95. The molecule has 0 radical (unpaired) electrons. The van der Waals surface area contributed by atoms with Gasteiger partial charge in [-0.25, -0.2) is 0 Å². The fraction of sp³-hybridized carbons (Fsp3) is 0.600. The normalized spacial score (nSPS) is 12.7. The number of nitrogens with zero attached hydrogens (tertiary/aromatic N) is 1. The van der Waals surface area contributed by atoms with Crippen molar-refractivity contribution in [3.63, 3.8) is 0 Å². The minimum absolute atomic E-state index is 0.182. The number of hydrogen-bond acceptors (Lipinski definition) is 4. The summed E-state index contributed by atoms with van der Waals surface area (Å²) >= 11 is 0. The Morgan fingerprint density at radius 3 is 2.58 bits per heavy atom. The largest absolute Gasteiger partial charge is 0.504 e. The van der Waals surface area contributed by atoms with Crippen LogP contribution < -0.4 is 10.1 Å². The van der Waals surface area contributed by atoms with Gasteiger partial charge in [-0.2, -0.15) is 0 Å². The molecular weight excluding hydrogens is 240 g/mol. The Morgan fingerprint density at radius 2 is 2.00 bits per heavy atom. The SMILES string of the molecule is CCN(CC)CCNC(C)c1ccc(O)c(OC)c1. The van der Waals surface area contributed by atoms with E-state index in [0.717, 1.165) is 31.7 Å². The van der Waals surface area contributed by atoms with Crippen molar-refractivity contribution in [2.24, 2.45) is 0 Å². The lowest BCUT2D eigenvalue weighted by atomic mass is 10.1. The van der Waals surface area contributed by atoms with E-state index in [1.54, 1.807) is 13.2 Å². The number of methoxy groups -OCH3 is 1. The number of rotatable bonds is 8. The molecule has 0 saturated carbocycles. The average Bonchev–Trinajstić information content (AvgIpc) is 2.44. The number of aromatic hydroxyl groups is 1. The second-order valence-electron chi connectivity index (χ2n) is 4.63. The van der Waals surface area contributed by atoms with Crippen LogP contribution in [0, 0.1) is 0 Å². The quantitative estimate of drug-likeness (QED) is 0.758. The Balaban J connectivity index is 2.51. The average molecular weight is 266 g/mol. The van der Waals surface area contributed by atoms with E-state index in [1.807, 2.05) is 12.1 Å². The monoisotopic (exact) mass is 266 g/mol. The van der Waals surface area contributed by atoms with Crippen LogP contribution in [-0.4, -0.2) is 43.3 Å². The lowest BCUT2D eigenvalue weighted by Gasteiger charge is -2.21. The van der Waals surface area contributed by atoms with E-state index in [2.05, 4.69) is 31.0 Å². The van der Waals surface area contributed by atoms with Gasteiger partial charge in [-0.3, -0.25) is 0 Å². The third-order valence-corrected chi connectivity index (χ3v) is 3.48. The molecule has 0 aliphatic carbocycles. The van der Waals surface area contributed by atoms with Gasteiger partial charge in [0.15, 0.2) is 11.5 Å². The first-order valence-electron chi connectivity index (χ1n) is 6.95. The molecule has 1 aromatic rings. The lowest BCUT2D eigenvalue weighted by Crippen LogP contribution is -2.33. The van der Waals surface area contributed by atoms with Gasteiger partial charge in [0.25, 0.3) is 0 Å². The highest BCUT2D eigenvalue weighted by atomic mass is 16.5. The number of nitrogens with one attached hydrogen (secondary N) is 1. The van der Waals surface area contributed by atoms with Gasteiger partial charge in [-0.05, 0) is 37.7 Å². The van der Waals surface area contributed by atoms with Gasteiger partial charge >= 0.3 is 0 Å². The van der Waals surface area contributed by atoms with Gasteiger partial charge in [0, 0.05) is 19.1 Å². The van der Waals surface area contributed by atoms with Gasteiger partial charge in [-0.1, -0.05) is 19.9 Å². The lowest BCUT2D eigenvalue weighted by molar-refractivity contribution is 0.298. The van der Waals surface area contributed by atoms with Crippen molar-refractivity contribution in [2.45, 2.75) is 26.8 Å². The predicted octanol–water partition coefficient (Wildman–Crippen LogP) is 2.39. The number of phenols is 1. The van der Waals surface area contributed by atoms with E-state index in [9.17, 15) is 5.11 Å². The van der Waals surface area contributed by atoms with Crippen LogP contribution >= 0.6 is 0 Å². The summed E-state index contributed by atoms with van der Waals surface area (Å²) < 4.78 is 5.13. The standard InChI is InChI=1S/C15H26N2O2/c1-5-17(6-2)10-9-16-12(3)13-7-8-14(18)15(11-13)19-4/h7-8,11-12,16,18H,5-6,9-10H2,1-4H3. The Bertz CT molecular complexity index is 378. The molecule has 0 aliphatic heterocycles. The van der Waals surface area contributed by atoms with Crippen LogP contribution in [-0.2, 0) is 0 Å². The molecule has 19 heavy (non-hydrogen) atoms. The van der Waals surface area contributed by atoms with Gasteiger partial charge in [0.2, 0.25) is 0 Å².